The van der Waals surface area contributed by atoms with Crippen molar-refractivity contribution in [2.24, 2.45) is 0 Å². The average Bonchev–Trinajstić information content (AvgIpc) is 2.23. The maximum absolute atomic E-state index is 5.64. The molecule has 2 heterocycles. The van der Waals surface area contributed by atoms with E-state index in [1.165, 1.54) is 12.8 Å². The van der Waals surface area contributed by atoms with Crippen LogP contribution >= 0.6 is 11.6 Å². The second kappa shape index (κ2) is 4.57. The van der Waals surface area contributed by atoms with Gasteiger partial charge in [-0.3, -0.25) is 0 Å². The summed E-state index contributed by atoms with van der Waals surface area (Å²) < 4.78 is 0. The van der Waals surface area contributed by atoms with E-state index in [2.05, 4.69) is 20.8 Å². The zero-order valence-corrected chi connectivity index (χ0v) is 8.59. The highest BCUT2D eigenvalue weighted by Crippen LogP contribution is 2.10. The number of piperidine rings is 1. The van der Waals surface area contributed by atoms with Crippen LogP contribution in [0.2, 0.25) is 5.15 Å². The van der Waals surface area contributed by atoms with Gasteiger partial charge in [-0.25, -0.2) is 0 Å². The van der Waals surface area contributed by atoms with E-state index in [9.17, 15) is 0 Å². The summed E-state index contributed by atoms with van der Waals surface area (Å²) in [4.78, 5) is 0. The Kier molecular flexibility index (Phi) is 3.16. The lowest BCUT2D eigenvalue weighted by Crippen LogP contribution is -2.38. The van der Waals surface area contributed by atoms with E-state index >= 15 is 0 Å². The molecule has 14 heavy (non-hydrogen) atoms. The fourth-order valence-corrected chi connectivity index (χ4v) is 1.68. The molecule has 0 spiro atoms. The van der Waals surface area contributed by atoms with Gasteiger partial charge >= 0.3 is 0 Å². The minimum Gasteiger partial charge on any atom is -0.365 e. The molecule has 2 N–H and O–H groups in total. The molecule has 2 rings (SSSR count). The van der Waals surface area contributed by atoms with Crippen molar-refractivity contribution in [2.75, 3.05) is 18.4 Å². The Morgan fingerprint density at radius 3 is 3.00 bits per heavy atom. The lowest BCUT2D eigenvalue weighted by molar-refractivity contribution is 0.478. The minimum atomic E-state index is 0.428. The van der Waals surface area contributed by atoms with Crippen LogP contribution in [0.1, 0.15) is 12.8 Å². The van der Waals surface area contributed by atoms with E-state index in [0.29, 0.717) is 11.2 Å². The molecule has 5 heteroatoms. The smallest absolute Gasteiger partial charge is 0.151 e. The van der Waals surface area contributed by atoms with Crippen molar-refractivity contribution in [1.29, 1.82) is 0 Å². The molecule has 0 unspecified atom stereocenters. The highest BCUT2D eigenvalue weighted by molar-refractivity contribution is 6.29. The molecule has 1 aromatic heterocycles. The normalized spacial score (nSPS) is 21.9. The molecule has 0 bridgehead atoms. The number of nitrogens with zero attached hydrogens (tertiary/aromatic N) is 2. The van der Waals surface area contributed by atoms with Crippen LogP contribution in [0.3, 0.4) is 0 Å². The first-order valence-corrected chi connectivity index (χ1v) is 5.19. The van der Waals surface area contributed by atoms with Crippen molar-refractivity contribution in [1.82, 2.24) is 15.5 Å². The second-order valence-electron chi connectivity index (χ2n) is 3.43. The summed E-state index contributed by atoms with van der Waals surface area (Å²) in [6.07, 6.45) is 2.38. The van der Waals surface area contributed by atoms with E-state index in [1.807, 2.05) is 6.07 Å². The summed E-state index contributed by atoms with van der Waals surface area (Å²) in [5, 5.41) is 14.8. The number of aromatic nitrogens is 2. The molecule has 1 fully saturated rings. The topological polar surface area (TPSA) is 49.8 Å². The largest absolute Gasteiger partial charge is 0.365 e. The number of halogens is 1. The van der Waals surface area contributed by atoms with Gasteiger partial charge in [-0.1, -0.05) is 11.6 Å². The van der Waals surface area contributed by atoms with Gasteiger partial charge in [0.2, 0.25) is 0 Å². The average molecular weight is 213 g/mol. The number of anilines is 1. The number of rotatable bonds is 2. The van der Waals surface area contributed by atoms with E-state index < -0.39 is 0 Å². The molecule has 0 radical (unpaired) electrons. The van der Waals surface area contributed by atoms with E-state index in [4.69, 9.17) is 11.6 Å². The standard InChI is InChI=1S/C9H13ClN4/c10-8-3-4-9(14-13-8)12-7-2-1-5-11-6-7/h3-4,7,11H,1-2,5-6H2,(H,12,14)/t7-/m1/s1. The van der Waals surface area contributed by atoms with Crippen LogP contribution in [0.5, 0.6) is 0 Å². The van der Waals surface area contributed by atoms with Gasteiger partial charge in [-0.15, -0.1) is 10.2 Å². The Hall–Kier alpha value is -0.870. The Morgan fingerprint density at radius 2 is 2.36 bits per heavy atom. The zero-order valence-electron chi connectivity index (χ0n) is 7.83. The molecular weight excluding hydrogens is 200 g/mol. The van der Waals surface area contributed by atoms with Crippen LogP contribution in [0.15, 0.2) is 12.1 Å². The van der Waals surface area contributed by atoms with Crippen molar-refractivity contribution < 1.29 is 0 Å². The first kappa shape index (κ1) is 9.68. The van der Waals surface area contributed by atoms with Gasteiger partial charge < -0.3 is 10.6 Å². The number of nitrogens with one attached hydrogen (secondary N) is 2. The number of hydrogen-bond donors (Lipinski definition) is 2. The molecule has 1 aliphatic rings. The SMILES string of the molecule is Clc1ccc(N[C@@H]2CCCNC2)nn1. The highest BCUT2D eigenvalue weighted by atomic mass is 35.5. The van der Waals surface area contributed by atoms with Crippen LogP contribution in [-0.2, 0) is 0 Å². The third-order valence-corrected chi connectivity index (χ3v) is 2.48. The van der Waals surface area contributed by atoms with Gasteiger partial charge in [0, 0.05) is 12.6 Å². The quantitative estimate of drug-likeness (QED) is 0.776. The minimum absolute atomic E-state index is 0.428. The highest BCUT2D eigenvalue weighted by Gasteiger charge is 2.12. The van der Waals surface area contributed by atoms with Gasteiger partial charge in [-0.2, -0.15) is 0 Å². The van der Waals surface area contributed by atoms with Crippen molar-refractivity contribution in [2.45, 2.75) is 18.9 Å². The lowest BCUT2D eigenvalue weighted by atomic mass is 10.1. The summed E-state index contributed by atoms with van der Waals surface area (Å²) in [6.45, 7) is 2.11. The van der Waals surface area contributed by atoms with Crippen molar-refractivity contribution in [3.63, 3.8) is 0 Å². The third-order valence-electron chi connectivity index (χ3n) is 2.28. The molecule has 1 atom stereocenters. The molecule has 4 nitrogen and oxygen atoms in total. The molecule has 0 saturated carbocycles. The van der Waals surface area contributed by atoms with Gasteiger partial charge in [0.25, 0.3) is 0 Å². The van der Waals surface area contributed by atoms with Gasteiger partial charge in [0.1, 0.15) is 5.82 Å². The monoisotopic (exact) mass is 212 g/mol. The molecule has 0 aliphatic carbocycles. The van der Waals surface area contributed by atoms with Crippen LogP contribution in [0, 0.1) is 0 Å². The molecule has 76 valence electrons. The molecule has 1 aliphatic heterocycles. The predicted molar refractivity (Wildman–Crippen MR) is 56.6 cm³/mol. The second-order valence-corrected chi connectivity index (χ2v) is 3.82. The molecule has 0 aromatic carbocycles. The van der Waals surface area contributed by atoms with Crippen LogP contribution < -0.4 is 10.6 Å². The summed E-state index contributed by atoms with van der Waals surface area (Å²) >= 11 is 5.64. The Morgan fingerprint density at radius 1 is 1.43 bits per heavy atom. The van der Waals surface area contributed by atoms with E-state index in [1.54, 1.807) is 6.07 Å². The fourth-order valence-electron chi connectivity index (χ4n) is 1.58. The van der Waals surface area contributed by atoms with Gasteiger partial charge in [0.15, 0.2) is 5.15 Å². The lowest BCUT2D eigenvalue weighted by Gasteiger charge is -2.23. The molecular formula is C9H13ClN4. The van der Waals surface area contributed by atoms with E-state index in [-0.39, 0.29) is 0 Å². The van der Waals surface area contributed by atoms with Crippen molar-refractivity contribution >= 4 is 17.4 Å². The number of hydrogen-bond acceptors (Lipinski definition) is 4. The van der Waals surface area contributed by atoms with E-state index in [0.717, 1.165) is 18.9 Å². The molecule has 1 aromatic rings. The maximum Gasteiger partial charge on any atom is 0.151 e. The summed E-state index contributed by atoms with van der Waals surface area (Å²) in [7, 11) is 0. The maximum atomic E-state index is 5.64. The van der Waals surface area contributed by atoms with Crippen LogP contribution in [-0.4, -0.2) is 29.3 Å². The summed E-state index contributed by atoms with van der Waals surface area (Å²) in [5.41, 5.74) is 0. The van der Waals surface area contributed by atoms with Crippen LogP contribution in [0.25, 0.3) is 0 Å². The zero-order chi connectivity index (χ0) is 9.80. The molecule has 1 saturated heterocycles. The Bertz CT molecular complexity index is 281. The van der Waals surface area contributed by atoms with Crippen LogP contribution in [0.4, 0.5) is 5.82 Å². The van der Waals surface area contributed by atoms with Crippen molar-refractivity contribution in [3.8, 4) is 0 Å². The molecule has 0 amide bonds. The third kappa shape index (κ3) is 2.56. The summed E-state index contributed by atoms with van der Waals surface area (Å²) in [5.74, 6) is 0.795. The fraction of sp³-hybridized carbons (Fsp3) is 0.556. The van der Waals surface area contributed by atoms with Crippen molar-refractivity contribution in [3.05, 3.63) is 17.3 Å². The predicted octanol–water partition coefficient (Wildman–Crippen LogP) is 1.29. The first-order valence-electron chi connectivity index (χ1n) is 4.81. The first-order chi connectivity index (χ1) is 6.84. The van der Waals surface area contributed by atoms with Gasteiger partial charge in [-0.05, 0) is 31.5 Å². The summed E-state index contributed by atoms with van der Waals surface area (Å²) in [6, 6.07) is 4.05. The van der Waals surface area contributed by atoms with Gasteiger partial charge in [0.05, 0.1) is 0 Å². The Labute approximate surface area is 88.1 Å². The Balaban J connectivity index is 1.92.